The summed E-state index contributed by atoms with van der Waals surface area (Å²) in [6.07, 6.45) is 2.55. The lowest BCUT2D eigenvalue weighted by atomic mass is 9.99. The molecule has 2 aliphatic rings. The normalized spacial score (nSPS) is 23.3. The van der Waals surface area contributed by atoms with Crippen LogP contribution in [0.1, 0.15) is 28.5 Å². The van der Waals surface area contributed by atoms with Crippen LogP contribution in [0.5, 0.6) is 0 Å². The van der Waals surface area contributed by atoms with Crippen LogP contribution >= 0.6 is 23.2 Å². The van der Waals surface area contributed by atoms with Crippen molar-refractivity contribution in [3.63, 3.8) is 0 Å². The van der Waals surface area contributed by atoms with Crippen LogP contribution in [0.25, 0.3) is 0 Å². The first-order valence-electron chi connectivity index (χ1n) is 7.38. The molecule has 0 N–H and O–H groups in total. The van der Waals surface area contributed by atoms with Gasteiger partial charge in [-0.3, -0.25) is 4.79 Å². The standard InChI is InChI=1S/C15H14Cl2N4O2/c16-11-2-1-9(5-12(11)17)15(22)20-4-3-14-13(7-20)21-10(8-23-14)6-18-19-21/h1-2,5-6,13-14H,3-4,7-8H2/t13-,14-/m0/s1. The number of aromatic nitrogens is 3. The Bertz CT molecular complexity index is 764. The van der Waals surface area contributed by atoms with Crippen molar-refractivity contribution in [3.05, 3.63) is 45.7 Å². The quantitative estimate of drug-likeness (QED) is 0.791. The van der Waals surface area contributed by atoms with E-state index in [-0.39, 0.29) is 18.1 Å². The average molecular weight is 353 g/mol. The molecule has 1 amide bonds. The summed E-state index contributed by atoms with van der Waals surface area (Å²) in [6.45, 7) is 1.71. The molecule has 1 saturated heterocycles. The van der Waals surface area contributed by atoms with Gasteiger partial charge in [0.2, 0.25) is 0 Å². The molecule has 120 valence electrons. The summed E-state index contributed by atoms with van der Waals surface area (Å²) in [5.74, 6) is -0.0609. The molecule has 1 aromatic carbocycles. The molecule has 23 heavy (non-hydrogen) atoms. The van der Waals surface area contributed by atoms with E-state index in [0.717, 1.165) is 12.1 Å². The van der Waals surface area contributed by atoms with Gasteiger partial charge in [0.25, 0.3) is 5.91 Å². The Hall–Kier alpha value is -1.63. The van der Waals surface area contributed by atoms with Gasteiger partial charge in [-0.15, -0.1) is 5.10 Å². The maximum absolute atomic E-state index is 12.7. The van der Waals surface area contributed by atoms with Gasteiger partial charge in [0.05, 0.1) is 40.7 Å². The molecule has 0 bridgehead atoms. The molecule has 4 rings (SSSR count). The van der Waals surface area contributed by atoms with Crippen molar-refractivity contribution >= 4 is 29.1 Å². The molecule has 1 fully saturated rings. The number of hydrogen-bond acceptors (Lipinski definition) is 4. The smallest absolute Gasteiger partial charge is 0.253 e. The van der Waals surface area contributed by atoms with Crippen LogP contribution < -0.4 is 0 Å². The van der Waals surface area contributed by atoms with Crippen LogP contribution in [0.2, 0.25) is 10.0 Å². The molecular weight excluding hydrogens is 339 g/mol. The molecule has 0 saturated carbocycles. The van der Waals surface area contributed by atoms with Gasteiger partial charge in [0, 0.05) is 18.7 Å². The molecule has 8 heteroatoms. The highest BCUT2D eigenvalue weighted by molar-refractivity contribution is 6.42. The molecule has 0 spiro atoms. The third kappa shape index (κ3) is 2.60. The number of carbonyl (C=O) groups excluding carboxylic acids is 1. The predicted octanol–water partition coefficient (Wildman–Crippen LogP) is 2.57. The number of piperidine rings is 1. The number of ether oxygens (including phenoxy) is 1. The van der Waals surface area contributed by atoms with Crippen LogP contribution in [0, 0.1) is 0 Å². The Morgan fingerprint density at radius 1 is 1.30 bits per heavy atom. The maximum Gasteiger partial charge on any atom is 0.253 e. The summed E-state index contributed by atoms with van der Waals surface area (Å²) in [6, 6.07) is 4.95. The van der Waals surface area contributed by atoms with Crippen molar-refractivity contribution in [2.24, 2.45) is 0 Å². The third-order valence-corrected chi connectivity index (χ3v) is 5.12. The molecule has 0 aliphatic carbocycles. The number of carbonyl (C=O) groups is 1. The first-order valence-corrected chi connectivity index (χ1v) is 8.14. The van der Waals surface area contributed by atoms with E-state index in [1.54, 1.807) is 29.3 Å². The summed E-state index contributed by atoms with van der Waals surface area (Å²) in [5, 5.41) is 8.91. The van der Waals surface area contributed by atoms with Crippen molar-refractivity contribution in [3.8, 4) is 0 Å². The minimum atomic E-state index is -0.0609. The second-order valence-electron chi connectivity index (χ2n) is 5.76. The topological polar surface area (TPSA) is 60.3 Å². The summed E-state index contributed by atoms with van der Waals surface area (Å²) < 4.78 is 7.74. The van der Waals surface area contributed by atoms with E-state index in [4.69, 9.17) is 27.9 Å². The molecular formula is C15H14Cl2N4O2. The van der Waals surface area contributed by atoms with Gasteiger partial charge < -0.3 is 9.64 Å². The minimum absolute atomic E-state index is 0.00159. The Morgan fingerprint density at radius 2 is 2.17 bits per heavy atom. The zero-order chi connectivity index (χ0) is 16.0. The van der Waals surface area contributed by atoms with E-state index in [2.05, 4.69) is 10.3 Å². The molecule has 1 aromatic heterocycles. The number of benzene rings is 1. The summed E-state index contributed by atoms with van der Waals surface area (Å²) in [5.41, 5.74) is 1.48. The number of rotatable bonds is 1. The number of amides is 1. The number of halogens is 2. The van der Waals surface area contributed by atoms with E-state index < -0.39 is 0 Å². The van der Waals surface area contributed by atoms with Gasteiger partial charge in [-0.25, -0.2) is 4.68 Å². The SMILES string of the molecule is O=C(c1ccc(Cl)c(Cl)c1)N1CC[C@@H]2OCc3cnnn3[C@H]2C1. The summed E-state index contributed by atoms with van der Waals surface area (Å²) in [7, 11) is 0. The zero-order valence-corrected chi connectivity index (χ0v) is 13.7. The van der Waals surface area contributed by atoms with E-state index in [9.17, 15) is 4.79 Å². The molecule has 3 heterocycles. The summed E-state index contributed by atoms with van der Waals surface area (Å²) in [4.78, 5) is 14.5. The van der Waals surface area contributed by atoms with Gasteiger partial charge in [-0.05, 0) is 24.6 Å². The van der Waals surface area contributed by atoms with Crippen LogP contribution in [-0.2, 0) is 11.3 Å². The Morgan fingerprint density at radius 3 is 3.00 bits per heavy atom. The van der Waals surface area contributed by atoms with E-state index in [0.29, 0.717) is 35.3 Å². The lowest BCUT2D eigenvalue weighted by Gasteiger charge is -2.41. The molecule has 2 aromatic rings. The van der Waals surface area contributed by atoms with Crippen molar-refractivity contribution in [1.29, 1.82) is 0 Å². The van der Waals surface area contributed by atoms with Crippen LogP contribution in [0.4, 0.5) is 0 Å². The van der Waals surface area contributed by atoms with Gasteiger partial charge in [0.1, 0.15) is 0 Å². The number of nitrogens with zero attached hydrogens (tertiary/aromatic N) is 4. The van der Waals surface area contributed by atoms with Gasteiger partial charge in [-0.1, -0.05) is 28.4 Å². The van der Waals surface area contributed by atoms with Crippen LogP contribution in [0.15, 0.2) is 24.4 Å². The zero-order valence-electron chi connectivity index (χ0n) is 12.2. The third-order valence-electron chi connectivity index (χ3n) is 4.38. The first-order chi connectivity index (χ1) is 11.1. The van der Waals surface area contributed by atoms with Crippen LogP contribution in [-0.4, -0.2) is 45.0 Å². The van der Waals surface area contributed by atoms with E-state index in [1.165, 1.54) is 0 Å². The average Bonchev–Trinajstić information content (AvgIpc) is 3.05. The summed E-state index contributed by atoms with van der Waals surface area (Å²) >= 11 is 11.9. The van der Waals surface area contributed by atoms with Gasteiger partial charge in [0.15, 0.2) is 0 Å². The van der Waals surface area contributed by atoms with Gasteiger partial charge >= 0.3 is 0 Å². The van der Waals surface area contributed by atoms with Crippen molar-refractivity contribution in [2.45, 2.75) is 25.2 Å². The van der Waals surface area contributed by atoms with Gasteiger partial charge in [-0.2, -0.15) is 0 Å². The van der Waals surface area contributed by atoms with E-state index >= 15 is 0 Å². The molecule has 2 aliphatic heterocycles. The molecule has 2 atom stereocenters. The predicted molar refractivity (Wildman–Crippen MR) is 84.6 cm³/mol. The Labute approximate surface area is 142 Å². The Balaban J connectivity index is 1.57. The molecule has 0 unspecified atom stereocenters. The minimum Gasteiger partial charge on any atom is -0.370 e. The second-order valence-corrected chi connectivity index (χ2v) is 6.57. The highest BCUT2D eigenvalue weighted by Gasteiger charge is 2.38. The first kappa shape index (κ1) is 14.9. The lowest BCUT2D eigenvalue weighted by Crippen LogP contribution is -2.49. The number of fused-ring (bicyclic) bond motifs is 3. The van der Waals surface area contributed by atoms with Crippen molar-refractivity contribution < 1.29 is 9.53 Å². The van der Waals surface area contributed by atoms with Crippen molar-refractivity contribution in [2.75, 3.05) is 13.1 Å². The fourth-order valence-corrected chi connectivity index (χ4v) is 3.47. The molecule has 6 nitrogen and oxygen atoms in total. The van der Waals surface area contributed by atoms with Crippen molar-refractivity contribution in [1.82, 2.24) is 19.9 Å². The largest absolute Gasteiger partial charge is 0.370 e. The Kier molecular flexibility index (Phi) is 3.75. The monoisotopic (exact) mass is 352 g/mol. The van der Waals surface area contributed by atoms with E-state index in [1.807, 2.05) is 4.68 Å². The maximum atomic E-state index is 12.7. The highest BCUT2D eigenvalue weighted by Crippen LogP contribution is 2.31. The molecule has 0 radical (unpaired) electrons. The highest BCUT2D eigenvalue weighted by atomic mass is 35.5. The second kappa shape index (κ2) is 5.78. The van der Waals surface area contributed by atoms with Crippen LogP contribution in [0.3, 0.4) is 0 Å². The number of likely N-dealkylation sites (tertiary alicyclic amines) is 1. The number of hydrogen-bond donors (Lipinski definition) is 0. The fourth-order valence-electron chi connectivity index (χ4n) is 3.18. The lowest BCUT2D eigenvalue weighted by molar-refractivity contribution is -0.0605. The fraction of sp³-hybridized carbons (Fsp3) is 0.400.